The maximum atomic E-state index is 9.68. The summed E-state index contributed by atoms with van der Waals surface area (Å²) in [5, 5.41) is 9.68. The third-order valence-electron chi connectivity index (χ3n) is 2.76. The minimum absolute atomic E-state index is 0.225. The molecular formula is C11H14O. The highest BCUT2D eigenvalue weighted by atomic mass is 16.3. The summed E-state index contributed by atoms with van der Waals surface area (Å²) in [5.74, 6) is 0.615. The van der Waals surface area contributed by atoms with Crippen molar-refractivity contribution in [3.05, 3.63) is 35.4 Å². The Morgan fingerprint density at radius 1 is 1.17 bits per heavy atom. The van der Waals surface area contributed by atoms with Crippen LogP contribution in [-0.4, -0.2) is 5.11 Å². The summed E-state index contributed by atoms with van der Waals surface area (Å²) in [4.78, 5) is 0. The number of hydrogen-bond acceptors (Lipinski definition) is 1. The van der Waals surface area contributed by atoms with E-state index in [0.29, 0.717) is 5.92 Å². The fraction of sp³-hybridized carbons (Fsp3) is 0.455. The van der Waals surface area contributed by atoms with E-state index in [1.165, 1.54) is 5.56 Å². The molecule has 2 rings (SSSR count). The van der Waals surface area contributed by atoms with Gasteiger partial charge in [0.25, 0.3) is 0 Å². The predicted octanol–water partition coefficient (Wildman–Crippen LogP) is 2.62. The van der Waals surface area contributed by atoms with Crippen LogP contribution in [0.5, 0.6) is 0 Å². The third kappa shape index (κ3) is 1.14. The maximum absolute atomic E-state index is 9.68. The van der Waals surface area contributed by atoms with Crippen molar-refractivity contribution in [2.24, 2.45) is 0 Å². The SMILES string of the molecule is CC1CC[C@@H](O)c2ccccc21. The van der Waals surface area contributed by atoms with E-state index < -0.39 is 0 Å². The van der Waals surface area contributed by atoms with Gasteiger partial charge in [0.2, 0.25) is 0 Å². The van der Waals surface area contributed by atoms with Crippen molar-refractivity contribution < 1.29 is 5.11 Å². The number of rotatable bonds is 0. The molecule has 0 spiro atoms. The zero-order valence-corrected chi connectivity index (χ0v) is 7.33. The molecule has 0 radical (unpaired) electrons. The van der Waals surface area contributed by atoms with Gasteiger partial charge in [-0.3, -0.25) is 0 Å². The molecule has 0 heterocycles. The zero-order chi connectivity index (χ0) is 8.55. The van der Waals surface area contributed by atoms with Gasteiger partial charge in [-0.15, -0.1) is 0 Å². The zero-order valence-electron chi connectivity index (χ0n) is 7.33. The van der Waals surface area contributed by atoms with Crippen LogP contribution < -0.4 is 0 Å². The lowest BCUT2D eigenvalue weighted by atomic mass is 9.82. The van der Waals surface area contributed by atoms with E-state index in [2.05, 4.69) is 13.0 Å². The first kappa shape index (κ1) is 7.81. The van der Waals surface area contributed by atoms with Crippen molar-refractivity contribution in [1.82, 2.24) is 0 Å². The van der Waals surface area contributed by atoms with Gasteiger partial charge in [-0.05, 0) is 29.9 Å². The average molecular weight is 162 g/mol. The van der Waals surface area contributed by atoms with E-state index in [4.69, 9.17) is 0 Å². The molecule has 1 N–H and O–H groups in total. The molecule has 0 saturated heterocycles. The Morgan fingerprint density at radius 2 is 1.83 bits per heavy atom. The van der Waals surface area contributed by atoms with Crippen LogP contribution in [0.3, 0.4) is 0 Å². The van der Waals surface area contributed by atoms with Gasteiger partial charge in [-0.25, -0.2) is 0 Å². The van der Waals surface area contributed by atoms with Crippen LogP contribution in [0, 0.1) is 0 Å². The average Bonchev–Trinajstić information content (AvgIpc) is 2.12. The molecule has 1 aromatic rings. The van der Waals surface area contributed by atoms with Crippen molar-refractivity contribution in [3.63, 3.8) is 0 Å². The maximum Gasteiger partial charge on any atom is 0.0793 e. The Morgan fingerprint density at radius 3 is 2.50 bits per heavy atom. The van der Waals surface area contributed by atoms with Crippen LogP contribution in [0.2, 0.25) is 0 Å². The molecule has 1 nitrogen and oxygen atoms in total. The second kappa shape index (κ2) is 2.91. The third-order valence-corrected chi connectivity index (χ3v) is 2.76. The van der Waals surface area contributed by atoms with E-state index in [-0.39, 0.29) is 6.10 Å². The summed E-state index contributed by atoms with van der Waals surface area (Å²) in [6.07, 6.45) is 1.80. The molecule has 0 fully saturated rings. The normalized spacial score (nSPS) is 28.2. The van der Waals surface area contributed by atoms with Gasteiger partial charge in [-0.2, -0.15) is 0 Å². The Labute approximate surface area is 73.0 Å². The monoisotopic (exact) mass is 162 g/mol. The summed E-state index contributed by atoms with van der Waals surface area (Å²) in [6, 6.07) is 8.21. The van der Waals surface area contributed by atoms with Gasteiger partial charge in [0.05, 0.1) is 6.10 Å². The molecule has 0 aromatic heterocycles. The molecular weight excluding hydrogens is 148 g/mol. The summed E-state index contributed by atoms with van der Waals surface area (Å²) in [6.45, 7) is 2.23. The molecule has 64 valence electrons. The smallest absolute Gasteiger partial charge is 0.0793 e. The number of aliphatic hydroxyl groups excluding tert-OH is 1. The van der Waals surface area contributed by atoms with Gasteiger partial charge < -0.3 is 5.11 Å². The van der Waals surface area contributed by atoms with Crippen LogP contribution in [0.1, 0.15) is 42.9 Å². The number of hydrogen-bond donors (Lipinski definition) is 1. The number of aliphatic hydroxyl groups is 1. The molecule has 0 amide bonds. The van der Waals surface area contributed by atoms with Crippen LogP contribution in [0.15, 0.2) is 24.3 Å². The van der Waals surface area contributed by atoms with E-state index in [9.17, 15) is 5.11 Å². The molecule has 1 heteroatoms. The highest BCUT2D eigenvalue weighted by Gasteiger charge is 2.21. The lowest BCUT2D eigenvalue weighted by molar-refractivity contribution is 0.151. The van der Waals surface area contributed by atoms with Crippen molar-refractivity contribution >= 4 is 0 Å². The lowest BCUT2D eigenvalue weighted by Crippen LogP contribution is -2.11. The van der Waals surface area contributed by atoms with E-state index >= 15 is 0 Å². The molecule has 0 bridgehead atoms. The summed E-state index contributed by atoms with van der Waals surface area (Å²) in [5.41, 5.74) is 2.47. The second-order valence-corrected chi connectivity index (χ2v) is 3.62. The topological polar surface area (TPSA) is 20.2 Å². The molecule has 1 unspecified atom stereocenters. The van der Waals surface area contributed by atoms with Crippen LogP contribution in [0.4, 0.5) is 0 Å². The van der Waals surface area contributed by atoms with Crippen molar-refractivity contribution in [3.8, 4) is 0 Å². The lowest BCUT2D eigenvalue weighted by Gasteiger charge is -2.26. The molecule has 0 saturated carbocycles. The van der Waals surface area contributed by atoms with Crippen molar-refractivity contribution in [2.45, 2.75) is 31.8 Å². The molecule has 12 heavy (non-hydrogen) atoms. The van der Waals surface area contributed by atoms with Gasteiger partial charge in [-0.1, -0.05) is 31.2 Å². The van der Waals surface area contributed by atoms with Crippen molar-refractivity contribution in [2.75, 3.05) is 0 Å². The highest BCUT2D eigenvalue weighted by Crippen LogP contribution is 2.36. The fourth-order valence-electron chi connectivity index (χ4n) is 1.98. The Balaban J connectivity index is 2.47. The van der Waals surface area contributed by atoms with Crippen LogP contribution in [-0.2, 0) is 0 Å². The minimum atomic E-state index is -0.225. The van der Waals surface area contributed by atoms with E-state index in [0.717, 1.165) is 18.4 Å². The van der Waals surface area contributed by atoms with Crippen molar-refractivity contribution in [1.29, 1.82) is 0 Å². The second-order valence-electron chi connectivity index (χ2n) is 3.62. The standard InChI is InChI=1S/C11H14O/c1-8-6-7-11(12)10-5-3-2-4-9(8)10/h2-5,8,11-12H,6-7H2,1H3/t8?,11-/m1/s1. The highest BCUT2D eigenvalue weighted by molar-refractivity contribution is 5.33. The summed E-state index contributed by atoms with van der Waals surface area (Å²) < 4.78 is 0. The number of benzene rings is 1. The van der Waals surface area contributed by atoms with Gasteiger partial charge >= 0.3 is 0 Å². The van der Waals surface area contributed by atoms with E-state index in [1.807, 2.05) is 18.2 Å². The first-order valence-corrected chi connectivity index (χ1v) is 4.56. The molecule has 0 aliphatic heterocycles. The largest absolute Gasteiger partial charge is 0.388 e. The summed E-state index contributed by atoms with van der Waals surface area (Å²) in [7, 11) is 0. The van der Waals surface area contributed by atoms with Gasteiger partial charge in [0.1, 0.15) is 0 Å². The molecule has 1 aliphatic rings. The molecule has 1 aromatic carbocycles. The minimum Gasteiger partial charge on any atom is -0.388 e. The van der Waals surface area contributed by atoms with Crippen LogP contribution in [0.25, 0.3) is 0 Å². The first-order chi connectivity index (χ1) is 5.79. The molecule has 1 aliphatic carbocycles. The van der Waals surface area contributed by atoms with Gasteiger partial charge in [0, 0.05) is 0 Å². The molecule has 2 atom stereocenters. The predicted molar refractivity (Wildman–Crippen MR) is 49.1 cm³/mol. The Bertz CT molecular complexity index is 251. The Hall–Kier alpha value is -0.820. The summed E-state index contributed by atoms with van der Waals surface area (Å²) >= 11 is 0. The number of fused-ring (bicyclic) bond motifs is 1. The van der Waals surface area contributed by atoms with Gasteiger partial charge in [0.15, 0.2) is 0 Å². The fourth-order valence-corrected chi connectivity index (χ4v) is 1.98. The van der Waals surface area contributed by atoms with Crippen LogP contribution >= 0.6 is 0 Å². The Kier molecular flexibility index (Phi) is 1.89. The quantitative estimate of drug-likeness (QED) is 0.621. The van der Waals surface area contributed by atoms with E-state index in [1.54, 1.807) is 0 Å². The first-order valence-electron chi connectivity index (χ1n) is 4.56.